The molecule has 2 aromatic rings. The Morgan fingerprint density at radius 1 is 1.12 bits per heavy atom. The predicted molar refractivity (Wildman–Crippen MR) is 62.5 cm³/mol. The van der Waals surface area contributed by atoms with Crippen molar-refractivity contribution in [3.63, 3.8) is 0 Å². The average molecular weight is 255 g/mol. The molecule has 0 saturated carbocycles. The van der Waals surface area contributed by atoms with E-state index in [0.717, 1.165) is 12.1 Å². The summed E-state index contributed by atoms with van der Waals surface area (Å²) in [4.78, 5) is 0.274. The molecular weight excluding hydrogens is 244 g/mol. The molecule has 2 N–H and O–H groups in total. The molecule has 2 nitrogen and oxygen atoms in total. The molecule has 0 aliphatic heterocycles. The zero-order valence-corrected chi connectivity index (χ0v) is 9.77. The van der Waals surface area contributed by atoms with E-state index >= 15 is 0 Å². The van der Waals surface area contributed by atoms with E-state index in [1.807, 2.05) is 0 Å². The highest BCUT2D eigenvalue weighted by molar-refractivity contribution is 7.98. The largest absolute Gasteiger partial charge is 0.464 e. The summed E-state index contributed by atoms with van der Waals surface area (Å²) >= 11 is 1.19. The summed E-state index contributed by atoms with van der Waals surface area (Å²) in [7, 11) is 0. The summed E-state index contributed by atoms with van der Waals surface area (Å²) in [6.45, 7) is 0.332. The van der Waals surface area contributed by atoms with Gasteiger partial charge in [0.05, 0.1) is 12.3 Å². The first-order chi connectivity index (χ1) is 8.19. The van der Waals surface area contributed by atoms with Crippen LogP contribution in [-0.4, -0.2) is 0 Å². The first-order valence-electron chi connectivity index (χ1n) is 5.04. The second kappa shape index (κ2) is 5.33. The third kappa shape index (κ3) is 3.08. The van der Waals surface area contributed by atoms with Gasteiger partial charge in [0.15, 0.2) is 0 Å². The summed E-state index contributed by atoms with van der Waals surface area (Å²) in [5.74, 6) is 0.942. The molecule has 0 radical (unpaired) electrons. The van der Waals surface area contributed by atoms with E-state index in [9.17, 15) is 8.78 Å². The average Bonchev–Trinajstić information content (AvgIpc) is 2.78. The zero-order chi connectivity index (χ0) is 12.3. The van der Waals surface area contributed by atoms with Gasteiger partial charge in [-0.1, -0.05) is 0 Å². The van der Waals surface area contributed by atoms with Crippen LogP contribution in [0.5, 0.6) is 0 Å². The van der Waals surface area contributed by atoms with Crippen molar-refractivity contribution in [1.29, 1.82) is 0 Å². The summed E-state index contributed by atoms with van der Waals surface area (Å²) in [6, 6.07) is 6.95. The van der Waals surface area contributed by atoms with Crippen molar-refractivity contribution in [2.45, 2.75) is 17.2 Å². The van der Waals surface area contributed by atoms with Crippen LogP contribution >= 0.6 is 11.8 Å². The Morgan fingerprint density at radius 3 is 2.59 bits per heavy atom. The maximum Gasteiger partial charge on any atom is 0.136 e. The van der Waals surface area contributed by atoms with Crippen LogP contribution in [0, 0.1) is 11.6 Å². The molecule has 2 rings (SSSR count). The van der Waals surface area contributed by atoms with Gasteiger partial charge in [0.25, 0.3) is 0 Å². The SMILES string of the molecule is NCc1ccc(CSc2cc(F)ccc2F)o1. The van der Waals surface area contributed by atoms with Gasteiger partial charge in [-0.25, -0.2) is 8.78 Å². The highest BCUT2D eigenvalue weighted by Gasteiger charge is 2.07. The van der Waals surface area contributed by atoms with Gasteiger partial charge in [-0.15, -0.1) is 11.8 Å². The van der Waals surface area contributed by atoms with Crippen LogP contribution in [0.2, 0.25) is 0 Å². The Morgan fingerprint density at radius 2 is 1.88 bits per heavy atom. The zero-order valence-electron chi connectivity index (χ0n) is 8.95. The number of furan rings is 1. The van der Waals surface area contributed by atoms with Gasteiger partial charge in [0.1, 0.15) is 23.2 Å². The monoisotopic (exact) mass is 255 g/mol. The Hall–Kier alpha value is -1.33. The molecule has 0 aliphatic rings. The smallest absolute Gasteiger partial charge is 0.136 e. The fourth-order valence-corrected chi connectivity index (χ4v) is 2.20. The van der Waals surface area contributed by atoms with E-state index in [2.05, 4.69) is 0 Å². The fraction of sp³-hybridized carbons (Fsp3) is 0.167. The van der Waals surface area contributed by atoms with Crippen molar-refractivity contribution < 1.29 is 13.2 Å². The van der Waals surface area contributed by atoms with Gasteiger partial charge in [-0.05, 0) is 30.3 Å². The number of hydrogen-bond donors (Lipinski definition) is 1. The van der Waals surface area contributed by atoms with E-state index in [-0.39, 0.29) is 4.90 Å². The Labute approximate surface area is 102 Å². The lowest BCUT2D eigenvalue weighted by atomic mass is 10.3. The minimum atomic E-state index is -0.448. The molecule has 1 aromatic carbocycles. The van der Waals surface area contributed by atoms with Crippen LogP contribution in [0.4, 0.5) is 8.78 Å². The molecule has 0 fully saturated rings. The summed E-state index contributed by atoms with van der Waals surface area (Å²) in [5.41, 5.74) is 5.40. The quantitative estimate of drug-likeness (QED) is 0.852. The van der Waals surface area contributed by atoms with Crippen LogP contribution < -0.4 is 5.73 Å². The van der Waals surface area contributed by atoms with Gasteiger partial charge < -0.3 is 10.2 Å². The van der Waals surface area contributed by atoms with Gasteiger partial charge in [0, 0.05) is 4.90 Å². The van der Waals surface area contributed by atoms with Crippen LogP contribution in [0.1, 0.15) is 11.5 Å². The molecule has 0 saturated heterocycles. The molecule has 0 amide bonds. The predicted octanol–water partition coefficient (Wildman–Crippen LogP) is 3.31. The first kappa shape index (κ1) is 12.1. The Bertz CT molecular complexity index is 513. The van der Waals surface area contributed by atoms with Gasteiger partial charge >= 0.3 is 0 Å². The van der Waals surface area contributed by atoms with Crippen LogP contribution in [0.25, 0.3) is 0 Å². The minimum absolute atomic E-state index is 0.274. The third-order valence-electron chi connectivity index (χ3n) is 2.18. The maximum atomic E-state index is 13.3. The summed E-state index contributed by atoms with van der Waals surface area (Å²) in [5, 5.41) is 0. The van der Waals surface area contributed by atoms with E-state index < -0.39 is 11.6 Å². The van der Waals surface area contributed by atoms with E-state index in [1.54, 1.807) is 12.1 Å². The third-order valence-corrected chi connectivity index (χ3v) is 3.23. The normalized spacial score (nSPS) is 10.8. The lowest BCUT2D eigenvalue weighted by Gasteiger charge is -2.01. The molecule has 1 aromatic heterocycles. The molecular formula is C12H11F2NOS. The van der Waals surface area contributed by atoms with Crippen molar-refractivity contribution in [2.75, 3.05) is 0 Å². The second-order valence-corrected chi connectivity index (χ2v) is 4.45. The molecule has 17 heavy (non-hydrogen) atoms. The molecule has 1 heterocycles. The van der Waals surface area contributed by atoms with Gasteiger partial charge in [-0.3, -0.25) is 0 Å². The first-order valence-corrected chi connectivity index (χ1v) is 6.03. The molecule has 0 spiro atoms. The number of hydrogen-bond acceptors (Lipinski definition) is 3. The van der Waals surface area contributed by atoms with Crippen molar-refractivity contribution in [1.82, 2.24) is 0 Å². The van der Waals surface area contributed by atoms with Gasteiger partial charge in [-0.2, -0.15) is 0 Å². The van der Waals surface area contributed by atoms with Crippen molar-refractivity contribution in [2.24, 2.45) is 5.73 Å². The highest BCUT2D eigenvalue weighted by Crippen LogP contribution is 2.26. The molecule has 0 unspecified atom stereocenters. The fourth-order valence-electron chi connectivity index (χ4n) is 1.35. The minimum Gasteiger partial charge on any atom is -0.464 e. The summed E-state index contributed by atoms with van der Waals surface area (Å²) in [6.07, 6.45) is 0. The second-order valence-electron chi connectivity index (χ2n) is 3.44. The molecule has 0 bridgehead atoms. The lowest BCUT2D eigenvalue weighted by Crippen LogP contribution is -1.92. The van der Waals surface area contributed by atoms with E-state index in [0.29, 0.717) is 23.8 Å². The van der Waals surface area contributed by atoms with Crippen LogP contribution in [-0.2, 0) is 12.3 Å². The van der Waals surface area contributed by atoms with Crippen LogP contribution in [0.15, 0.2) is 39.6 Å². The number of benzene rings is 1. The van der Waals surface area contributed by atoms with Crippen LogP contribution in [0.3, 0.4) is 0 Å². The number of halogens is 2. The lowest BCUT2D eigenvalue weighted by molar-refractivity contribution is 0.482. The molecule has 0 atom stereocenters. The molecule has 5 heteroatoms. The molecule has 0 aliphatic carbocycles. The topological polar surface area (TPSA) is 39.2 Å². The summed E-state index contributed by atoms with van der Waals surface area (Å²) < 4.78 is 31.6. The van der Waals surface area contributed by atoms with E-state index in [4.69, 9.17) is 10.2 Å². The number of rotatable bonds is 4. The van der Waals surface area contributed by atoms with E-state index in [1.165, 1.54) is 17.8 Å². The van der Waals surface area contributed by atoms with Crippen molar-refractivity contribution >= 4 is 11.8 Å². The standard InChI is InChI=1S/C12H11F2NOS/c13-8-1-4-11(14)12(5-8)17-7-10-3-2-9(6-15)16-10/h1-5H,6-7,15H2. The number of thioether (sulfide) groups is 1. The Kier molecular flexibility index (Phi) is 3.81. The Balaban J connectivity index is 2.04. The maximum absolute atomic E-state index is 13.3. The number of nitrogens with two attached hydrogens (primary N) is 1. The van der Waals surface area contributed by atoms with Crippen molar-refractivity contribution in [3.05, 3.63) is 53.5 Å². The molecule has 90 valence electrons. The highest BCUT2D eigenvalue weighted by atomic mass is 32.2. The van der Waals surface area contributed by atoms with Crippen molar-refractivity contribution in [3.8, 4) is 0 Å². The van der Waals surface area contributed by atoms with Gasteiger partial charge in [0.2, 0.25) is 0 Å².